The van der Waals surface area contributed by atoms with E-state index in [4.69, 9.17) is 5.26 Å². The van der Waals surface area contributed by atoms with Crippen LogP contribution >= 0.6 is 11.3 Å². The van der Waals surface area contributed by atoms with E-state index in [2.05, 4.69) is 53.4 Å². The Bertz CT molecular complexity index is 808. The predicted molar refractivity (Wildman–Crippen MR) is 85.5 cm³/mol. The van der Waals surface area contributed by atoms with Crippen molar-refractivity contribution in [1.82, 2.24) is 20.0 Å². The van der Waals surface area contributed by atoms with Gasteiger partial charge in [0, 0.05) is 10.9 Å². The Labute approximate surface area is 132 Å². The smallest absolute Gasteiger partial charge is 0.182 e. The average molecular weight is 309 g/mol. The second-order valence-corrected chi connectivity index (χ2v) is 6.19. The fourth-order valence-corrected chi connectivity index (χ4v) is 2.93. The molecule has 0 unspecified atom stereocenters. The number of thiazole rings is 1. The van der Waals surface area contributed by atoms with E-state index in [1.165, 1.54) is 5.56 Å². The molecule has 3 rings (SSSR count). The van der Waals surface area contributed by atoms with E-state index < -0.39 is 0 Å². The molecular formula is C16H15N5S. The highest BCUT2D eigenvalue weighted by molar-refractivity contribution is 7.13. The van der Waals surface area contributed by atoms with Crippen LogP contribution in [0.4, 0.5) is 0 Å². The Morgan fingerprint density at radius 3 is 2.68 bits per heavy atom. The number of hydrogen-bond donors (Lipinski definition) is 0. The zero-order valence-corrected chi connectivity index (χ0v) is 13.2. The number of aromatic nitrogens is 4. The zero-order chi connectivity index (χ0) is 15.5. The van der Waals surface area contributed by atoms with Crippen LogP contribution < -0.4 is 0 Å². The van der Waals surface area contributed by atoms with Crippen molar-refractivity contribution in [2.75, 3.05) is 0 Å². The van der Waals surface area contributed by atoms with E-state index in [9.17, 15) is 0 Å². The summed E-state index contributed by atoms with van der Waals surface area (Å²) in [7, 11) is 0. The van der Waals surface area contributed by atoms with Crippen molar-refractivity contribution in [3.05, 3.63) is 52.8 Å². The summed E-state index contributed by atoms with van der Waals surface area (Å²) in [5.41, 5.74) is 3.69. The summed E-state index contributed by atoms with van der Waals surface area (Å²) in [4.78, 5) is 4.63. The standard InChI is InChI=1S/C16H15N5S/c1-11(2)12-3-5-13(6-4-12)16-18-15(10-22-16)9-21-8-14(7-17)19-20-21/h3-6,8,10-11H,9H2,1-2H3. The molecule has 0 radical (unpaired) electrons. The molecule has 0 spiro atoms. The third kappa shape index (κ3) is 3.05. The molecule has 0 aliphatic carbocycles. The quantitative estimate of drug-likeness (QED) is 0.740. The fourth-order valence-electron chi connectivity index (χ4n) is 2.12. The monoisotopic (exact) mass is 309 g/mol. The summed E-state index contributed by atoms with van der Waals surface area (Å²) >= 11 is 1.61. The van der Waals surface area contributed by atoms with Crippen LogP contribution in [0.25, 0.3) is 10.6 Å². The first-order valence-corrected chi connectivity index (χ1v) is 7.88. The van der Waals surface area contributed by atoms with Gasteiger partial charge in [-0.3, -0.25) is 0 Å². The summed E-state index contributed by atoms with van der Waals surface area (Å²) in [6.07, 6.45) is 1.62. The van der Waals surface area contributed by atoms with Gasteiger partial charge in [-0.05, 0) is 11.5 Å². The van der Waals surface area contributed by atoms with Crippen molar-refractivity contribution in [2.24, 2.45) is 0 Å². The lowest BCUT2D eigenvalue weighted by Crippen LogP contribution is -2.00. The Balaban J connectivity index is 1.77. The SMILES string of the molecule is CC(C)c1ccc(-c2nc(Cn3cc(C#N)nn3)cs2)cc1. The summed E-state index contributed by atoms with van der Waals surface area (Å²) < 4.78 is 1.62. The van der Waals surface area contributed by atoms with E-state index in [0.717, 1.165) is 16.3 Å². The number of rotatable bonds is 4. The largest absolute Gasteiger partial charge is 0.245 e. The zero-order valence-electron chi connectivity index (χ0n) is 12.4. The van der Waals surface area contributed by atoms with Crippen molar-refractivity contribution >= 4 is 11.3 Å². The summed E-state index contributed by atoms with van der Waals surface area (Å²) in [6.45, 7) is 4.89. The summed E-state index contributed by atoms with van der Waals surface area (Å²) in [6, 6.07) is 10.5. The first-order valence-electron chi connectivity index (χ1n) is 7.00. The molecule has 0 aliphatic rings. The van der Waals surface area contributed by atoms with Gasteiger partial charge in [-0.1, -0.05) is 43.3 Å². The number of nitriles is 1. The molecule has 110 valence electrons. The highest BCUT2D eigenvalue weighted by atomic mass is 32.1. The minimum absolute atomic E-state index is 0.319. The Morgan fingerprint density at radius 2 is 2.05 bits per heavy atom. The van der Waals surface area contributed by atoms with E-state index in [1.807, 2.05) is 11.4 Å². The highest BCUT2D eigenvalue weighted by Crippen LogP contribution is 2.26. The molecule has 0 amide bonds. The van der Waals surface area contributed by atoms with Gasteiger partial charge in [0.15, 0.2) is 5.69 Å². The molecule has 0 aliphatic heterocycles. The third-order valence-corrected chi connectivity index (χ3v) is 4.29. The van der Waals surface area contributed by atoms with Crippen molar-refractivity contribution in [3.8, 4) is 16.6 Å². The molecule has 6 heteroatoms. The highest BCUT2D eigenvalue weighted by Gasteiger charge is 2.07. The van der Waals surface area contributed by atoms with Gasteiger partial charge in [-0.15, -0.1) is 16.4 Å². The van der Waals surface area contributed by atoms with Crippen molar-refractivity contribution in [1.29, 1.82) is 5.26 Å². The van der Waals surface area contributed by atoms with Gasteiger partial charge < -0.3 is 0 Å². The lowest BCUT2D eigenvalue weighted by Gasteiger charge is -2.05. The Kier molecular flexibility index (Phi) is 3.98. The molecule has 2 aromatic heterocycles. The first kappa shape index (κ1) is 14.4. The number of hydrogen-bond acceptors (Lipinski definition) is 5. The predicted octanol–water partition coefficient (Wildman–Crippen LogP) is 3.44. The molecule has 5 nitrogen and oxygen atoms in total. The second kappa shape index (κ2) is 6.08. The number of benzene rings is 1. The lowest BCUT2D eigenvalue weighted by molar-refractivity contribution is 0.641. The second-order valence-electron chi connectivity index (χ2n) is 5.33. The molecule has 0 saturated carbocycles. The molecule has 3 aromatic rings. The van der Waals surface area contributed by atoms with Crippen LogP contribution in [0.1, 0.15) is 36.7 Å². The minimum atomic E-state index is 0.319. The summed E-state index contributed by atoms with van der Waals surface area (Å²) in [5.74, 6) is 0.530. The van der Waals surface area contributed by atoms with Gasteiger partial charge in [-0.25, -0.2) is 9.67 Å². The van der Waals surface area contributed by atoms with Gasteiger partial charge in [0.2, 0.25) is 0 Å². The molecule has 0 atom stereocenters. The molecule has 2 heterocycles. The summed E-state index contributed by atoms with van der Waals surface area (Å²) in [5, 5.41) is 19.4. The van der Waals surface area contributed by atoms with Crippen molar-refractivity contribution in [3.63, 3.8) is 0 Å². The maximum absolute atomic E-state index is 8.75. The van der Waals surface area contributed by atoms with Gasteiger partial charge in [0.1, 0.15) is 11.1 Å². The van der Waals surface area contributed by atoms with E-state index in [1.54, 1.807) is 22.2 Å². The minimum Gasteiger partial charge on any atom is -0.245 e. The molecule has 1 aromatic carbocycles. The van der Waals surface area contributed by atoms with E-state index >= 15 is 0 Å². The molecular weight excluding hydrogens is 294 g/mol. The first-order chi connectivity index (χ1) is 10.7. The van der Waals surface area contributed by atoms with Gasteiger partial charge in [0.25, 0.3) is 0 Å². The van der Waals surface area contributed by atoms with E-state index in [0.29, 0.717) is 18.2 Å². The number of nitrogens with zero attached hydrogens (tertiary/aromatic N) is 5. The fraction of sp³-hybridized carbons (Fsp3) is 0.250. The topological polar surface area (TPSA) is 67.4 Å². The van der Waals surface area contributed by atoms with Crippen molar-refractivity contribution < 1.29 is 0 Å². The molecule has 0 bridgehead atoms. The Morgan fingerprint density at radius 1 is 1.27 bits per heavy atom. The van der Waals surface area contributed by atoms with Gasteiger partial charge >= 0.3 is 0 Å². The average Bonchev–Trinajstić information content (AvgIpc) is 3.17. The van der Waals surface area contributed by atoms with Gasteiger partial charge in [-0.2, -0.15) is 5.26 Å². The molecule has 22 heavy (non-hydrogen) atoms. The van der Waals surface area contributed by atoms with Gasteiger partial charge in [0.05, 0.1) is 18.4 Å². The van der Waals surface area contributed by atoms with Crippen molar-refractivity contribution in [2.45, 2.75) is 26.3 Å². The molecule has 0 N–H and O–H groups in total. The third-order valence-electron chi connectivity index (χ3n) is 3.35. The van der Waals surface area contributed by atoms with E-state index in [-0.39, 0.29) is 0 Å². The lowest BCUT2D eigenvalue weighted by atomic mass is 10.0. The van der Waals surface area contributed by atoms with Crippen LogP contribution in [-0.2, 0) is 6.54 Å². The van der Waals surface area contributed by atoms with Crippen LogP contribution in [0, 0.1) is 11.3 Å². The van der Waals surface area contributed by atoms with Crippen LogP contribution in [0.2, 0.25) is 0 Å². The normalized spacial score (nSPS) is 10.8. The molecule has 0 fully saturated rings. The van der Waals surface area contributed by atoms with Crippen LogP contribution in [0.15, 0.2) is 35.8 Å². The van der Waals surface area contributed by atoms with Crippen LogP contribution in [0.3, 0.4) is 0 Å². The molecule has 0 saturated heterocycles. The maximum Gasteiger partial charge on any atom is 0.182 e. The maximum atomic E-state index is 8.75. The van der Waals surface area contributed by atoms with Crippen LogP contribution in [0.5, 0.6) is 0 Å². The Hall–Kier alpha value is -2.52. The van der Waals surface area contributed by atoms with Crippen LogP contribution in [-0.4, -0.2) is 20.0 Å².